The van der Waals surface area contributed by atoms with Gasteiger partial charge < -0.3 is 14.8 Å². The molecule has 2 aromatic carbocycles. The van der Waals surface area contributed by atoms with Crippen LogP contribution >= 0.6 is 0 Å². The number of carbonyl (C=O) groups excluding carboxylic acids is 1. The van der Waals surface area contributed by atoms with Crippen LogP contribution in [-0.2, 0) is 20.2 Å². The van der Waals surface area contributed by atoms with Gasteiger partial charge in [0, 0.05) is 12.6 Å². The number of nitrogens with one attached hydrogen (secondary N) is 2. The van der Waals surface area contributed by atoms with E-state index in [0.717, 1.165) is 5.56 Å². The second kappa shape index (κ2) is 8.10. The average Bonchev–Trinajstić information content (AvgIpc) is 2.60. The number of amides is 1. The zero-order valence-electron chi connectivity index (χ0n) is 16.9. The number of benzene rings is 2. The van der Waals surface area contributed by atoms with Gasteiger partial charge in [-0.05, 0) is 41.3 Å². The Morgan fingerprint density at radius 2 is 1.57 bits per heavy atom. The maximum atomic E-state index is 13.1. The summed E-state index contributed by atoms with van der Waals surface area (Å²) in [5.41, 5.74) is 1.45. The summed E-state index contributed by atoms with van der Waals surface area (Å²) in [4.78, 5) is 11.2. The van der Waals surface area contributed by atoms with E-state index in [-0.39, 0.29) is 22.0 Å². The molecule has 0 fully saturated rings. The highest BCUT2D eigenvalue weighted by Gasteiger charge is 2.23. The predicted octanol–water partition coefficient (Wildman–Crippen LogP) is 3.76. The van der Waals surface area contributed by atoms with Gasteiger partial charge in [-0.2, -0.15) is 0 Å². The Morgan fingerprint density at radius 1 is 0.964 bits per heavy atom. The number of anilines is 2. The van der Waals surface area contributed by atoms with Crippen molar-refractivity contribution in [3.63, 3.8) is 0 Å². The first-order chi connectivity index (χ1) is 13.0. The molecule has 0 bridgehead atoms. The Bertz CT molecular complexity index is 979. The van der Waals surface area contributed by atoms with Gasteiger partial charge in [0.2, 0.25) is 5.91 Å². The molecular formula is C20H26N2O5S. The van der Waals surface area contributed by atoms with Gasteiger partial charge in [-0.15, -0.1) is 0 Å². The molecule has 0 aliphatic heterocycles. The molecule has 0 aromatic heterocycles. The normalized spacial score (nSPS) is 11.6. The smallest absolute Gasteiger partial charge is 0.265 e. The van der Waals surface area contributed by atoms with E-state index < -0.39 is 10.0 Å². The third-order valence-corrected chi connectivity index (χ3v) is 5.47. The van der Waals surface area contributed by atoms with Crippen molar-refractivity contribution in [1.82, 2.24) is 0 Å². The number of methoxy groups -OCH3 is 2. The van der Waals surface area contributed by atoms with E-state index in [9.17, 15) is 13.2 Å². The summed E-state index contributed by atoms with van der Waals surface area (Å²) in [7, 11) is -1.16. The summed E-state index contributed by atoms with van der Waals surface area (Å²) >= 11 is 0. The lowest BCUT2D eigenvalue weighted by molar-refractivity contribution is -0.114. The van der Waals surface area contributed by atoms with Gasteiger partial charge >= 0.3 is 0 Å². The van der Waals surface area contributed by atoms with E-state index in [4.69, 9.17) is 9.47 Å². The van der Waals surface area contributed by atoms with Gasteiger partial charge in [-0.1, -0.05) is 26.8 Å². The van der Waals surface area contributed by atoms with Crippen molar-refractivity contribution in [3.8, 4) is 11.5 Å². The van der Waals surface area contributed by atoms with Crippen LogP contribution in [0.1, 0.15) is 33.3 Å². The molecule has 0 atom stereocenters. The molecule has 2 aromatic rings. The third-order valence-electron chi connectivity index (χ3n) is 4.08. The standard InChI is InChI=1S/C20H26N2O5S/c1-13(23)21-15-8-10-18(27-6)19(12-15)28(24,25)22-16-11-14(20(2,3)4)7-9-17(16)26-5/h7-12,22H,1-6H3,(H,21,23). The maximum Gasteiger partial charge on any atom is 0.265 e. The molecule has 0 heterocycles. The third kappa shape index (κ3) is 4.95. The zero-order valence-corrected chi connectivity index (χ0v) is 17.7. The summed E-state index contributed by atoms with van der Waals surface area (Å²) in [6.07, 6.45) is 0. The highest BCUT2D eigenvalue weighted by molar-refractivity contribution is 7.92. The Hall–Kier alpha value is -2.74. The number of hydrogen-bond acceptors (Lipinski definition) is 5. The first kappa shape index (κ1) is 21.6. The van der Waals surface area contributed by atoms with E-state index in [1.165, 1.54) is 33.3 Å². The van der Waals surface area contributed by atoms with Gasteiger partial charge in [0.15, 0.2) is 0 Å². The molecule has 0 spiro atoms. The van der Waals surface area contributed by atoms with Crippen molar-refractivity contribution in [3.05, 3.63) is 42.0 Å². The summed E-state index contributed by atoms with van der Waals surface area (Å²) in [6.45, 7) is 7.45. The number of sulfonamides is 1. The van der Waals surface area contributed by atoms with E-state index in [0.29, 0.717) is 17.1 Å². The van der Waals surface area contributed by atoms with E-state index in [1.54, 1.807) is 18.2 Å². The number of carbonyl (C=O) groups is 1. The van der Waals surface area contributed by atoms with Crippen LogP contribution in [0.15, 0.2) is 41.3 Å². The topological polar surface area (TPSA) is 93.7 Å². The van der Waals surface area contributed by atoms with Crippen LogP contribution in [0.2, 0.25) is 0 Å². The molecule has 0 saturated heterocycles. The van der Waals surface area contributed by atoms with Gasteiger partial charge in [-0.25, -0.2) is 8.42 Å². The summed E-state index contributed by atoms with van der Waals surface area (Å²) < 4.78 is 39.3. The fourth-order valence-corrected chi connectivity index (χ4v) is 3.88. The van der Waals surface area contributed by atoms with Crippen LogP contribution in [-0.4, -0.2) is 28.5 Å². The van der Waals surface area contributed by atoms with Crippen molar-refractivity contribution in [2.24, 2.45) is 0 Å². The minimum atomic E-state index is -4.02. The van der Waals surface area contributed by atoms with E-state index >= 15 is 0 Å². The predicted molar refractivity (Wildman–Crippen MR) is 110 cm³/mol. The van der Waals surface area contributed by atoms with Gasteiger partial charge in [0.25, 0.3) is 10.0 Å². The van der Waals surface area contributed by atoms with Crippen molar-refractivity contribution >= 4 is 27.3 Å². The second-order valence-corrected chi connectivity index (χ2v) is 8.97. The van der Waals surface area contributed by atoms with Gasteiger partial charge in [0.05, 0.1) is 19.9 Å². The first-order valence-electron chi connectivity index (χ1n) is 8.65. The lowest BCUT2D eigenvalue weighted by Crippen LogP contribution is -2.17. The number of hydrogen-bond donors (Lipinski definition) is 2. The number of ether oxygens (including phenoxy) is 2. The molecule has 0 aliphatic rings. The Balaban J connectivity index is 2.53. The second-order valence-electron chi connectivity index (χ2n) is 7.32. The largest absolute Gasteiger partial charge is 0.495 e. The minimum Gasteiger partial charge on any atom is -0.495 e. The molecule has 2 rings (SSSR count). The minimum absolute atomic E-state index is 0.0931. The van der Waals surface area contributed by atoms with Crippen LogP contribution < -0.4 is 19.5 Å². The molecule has 1 amide bonds. The lowest BCUT2D eigenvalue weighted by Gasteiger charge is -2.22. The van der Waals surface area contributed by atoms with Crippen LogP contribution in [0.3, 0.4) is 0 Å². The Kier molecular flexibility index (Phi) is 6.23. The molecule has 0 saturated carbocycles. The van der Waals surface area contributed by atoms with Crippen LogP contribution in [0.4, 0.5) is 11.4 Å². The zero-order chi connectivity index (χ0) is 21.1. The summed E-state index contributed by atoms with van der Waals surface area (Å²) in [5.74, 6) is 0.252. The van der Waals surface area contributed by atoms with Crippen LogP contribution in [0.25, 0.3) is 0 Å². The van der Waals surface area contributed by atoms with Crippen molar-refractivity contribution in [1.29, 1.82) is 0 Å². The van der Waals surface area contributed by atoms with Crippen molar-refractivity contribution in [2.45, 2.75) is 38.0 Å². The molecule has 0 unspecified atom stereocenters. The molecule has 28 heavy (non-hydrogen) atoms. The van der Waals surface area contributed by atoms with Crippen LogP contribution in [0.5, 0.6) is 11.5 Å². The fraction of sp³-hybridized carbons (Fsp3) is 0.350. The highest BCUT2D eigenvalue weighted by atomic mass is 32.2. The van der Waals surface area contributed by atoms with E-state index in [2.05, 4.69) is 10.0 Å². The average molecular weight is 407 g/mol. The summed E-state index contributed by atoms with van der Waals surface area (Å²) in [5, 5.41) is 2.57. The first-order valence-corrected chi connectivity index (χ1v) is 10.1. The van der Waals surface area contributed by atoms with E-state index in [1.807, 2.05) is 26.8 Å². The Labute approximate surface area is 166 Å². The Morgan fingerprint density at radius 3 is 2.11 bits per heavy atom. The number of rotatable bonds is 6. The SMILES string of the molecule is COc1ccc(C(C)(C)C)cc1NS(=O)(=O)c1cc(NC(C)=O)ccc1OC. The van der Waals surface area contributed by atoms with Crippen molar-refractivity contribution < 1.29 is 22.7 Å². The van der Waals surface area contributed by atoms with Crippen molar-refractivity contribution in [2.75, 3.05) is 24.3 Å². The lowest BCUT2D eigenvalue weighted by atomic mass is 9.87. The molecule has 0 aliphatic carbocycles. The molecule has 8 heteroatoms. The molecule has 0 radical (unpaired) electrons. The molecule has 2 N–H and O–H groups in total. The fourth-order valence-electron chi connectivity index (χ4n) is 2.62. The van der Waals surface area contributed by atoms with Gasteiger partial charge in [-0.3, -0.25) is 9.52 Å². The van der Waals surface area contributed by atoms with Gasteiger partial charge in [0.1, 0.15) is 16.4 Å². The molecule has 152 valence electrons. The molecule has 7 nitrogen and oxygen atoms in total. The monoisotopic (exact) mass is 406 g/mol. The van der Waals surface area contributed by atoms with Crippen LogP contribution in [0, 0.1) is 0 Å². The maximum absolute atomic E-state index is 13.1. The molecular weight excluding hydrogens is 380 g/mol. The quantitative estimate of drug-likeness (QED) is 0.762. The summed E-state index contributed by atoms with van der Waals surface area (Å²) in [6, 6.07) is 9.78. The highest BCUT2D eigenvalue weighted by Crippen LogP contribution is 2.35.